The highest BCUT2D eigenvalue weighted by molar-refractivity contribution is 5.81. The molecule has 0 amide bonds. The largest absolute Gasteiger partial charge is 0.465 e. The van der Waals surface area contributed by atoms with Gasteiger partial charge in [0.1, 0.15) is 5.54 Å². The van der Waals surface area contributed by atoms with Gasteiger partial charge in [-0.1, -0.05) is 6.92 Å². The summed E-state index contributed by atoms with van der Waals surface area (Å²) in [6, 6.07) is 0.315. The van der Waals surface area contributed by atoms with Crippen LogP contribution in [0.3, 0.4) is 0 Å². The quantitative estimate of drug-likeness (QED) is 0.687. The highest BCUT2D eigenvalue weighted by Gasteiger charge is 2.50. The molecule has 15 heavy (non-hydrogen) atoms. The molecule has 0 saturated heterocycles. The second kappa shape index (κ2) is 4.97. The van der Waals surface area contributed by atoms with Crippen LogP contribution in [0.15, 0.2) is 0 Å². The van der Waals surface area contributed by atoms with Gasteiger partial charge in [0.2, 0.25) is 0 Å². The maximum Gasteiger partial charge on any atom is 0.326 e. The summed E-state index contributed by atoms with van der Waals surface area (Å²) in [6.07, 6.45) is 3.10. The van der Waals surface area contributed by atoms with Gasteiger partial charge in [-0.3, -0.25) is 10.1 Å². The lowest BCUT2D eigenvalue weighted by Crippen LogP contribution is -2.56. The summed E-state index contributed by atoms with van der Waals surface area (Å²) in [7, 11) is 0. The minimum Gasteiger partial charge on any atom is -0.465 e. The van der Waals surface area contributed by atoms with Crippen molar-refractivity contribution in [3.63, 3.8) is 0 Å². The first-order chi connectivity index (χ1) is 7.06. The van der Waals surface area contributed by atoms with E-state index in [1.54, 1.807) is 0 Å². The summed E-state index contributed by atoms with van der Waals surface area (Å²) >= 11 is 0. The van der Waals surface area contributed by atoms with Crippen molar-refractivity contribution in [3.8, 4) is 0 Å². The molecule has 1 saturated carbocycles. The van der Waals surface area contributed by atoms with E-state index < -0.39 is 5.54 Å². The molecule has 3 nitrogen and oxygen atoms in total. The molecule has 1 aliphatic carbocycles. The van der Waals surface area contributed by atoms with Crippen LogP contribution in [0, 0.1) is 5.92 Å². The van der Waals surface area contributed by atoms with E-state index in [-0.39, 0.29) is 5.97 Å². The molecule has 3 heteroatoms. The number of ether oxygens (including phenoxy) is 1. The van der Waals surface area contributed by atoms with E-state index in [2.05, 4.69) is 26.1 Å². The molecule has 1 N–H and O–H groups in total. The Morgan fingerprint density at radius 3 is 2.40 bits per heavy atom. The molecule has 0 aliphatic heterocycles. The van der Waals surface area contributed by atoms with E-state index >= 15 is 0 Å². The predicted molar refractivity (Wildman–Crippen MR) is 60.7 cm³/mol. The Morgan fingerprint density at radius 1 is 1.47 bits per heavy atom. The topological polar surface area (TPSA) is 38.3 Å². The van der Waals surface area contributed by atoms with Crippen molar-refractivity contribution < 1.29 is 9.53 Å². The molecular formula is C12H23NO2. The first-order valence-corrected chi connectivity index (χ1v) is 6.01. The minimum absolute atomic E-state index is 0.0660. The van der Waals surface area contributed by atoms with Crippen LogP contribution in [-0.2, 0) is 9.53 Å². The molecule has 1 rings (SSSR count). The molecule has 0 aromatic heterocycles. The number of esters is 1. The van der Waals surface area contributed by atoms with E-state index in [0.717, 1.165) is 19.3 Å². The third kappa shape index (κ3) is 2.71. The normalized spacial score (nSPS) is 20.1. The van der Waals surface area contributed by atoms with Crippen LogP contribution in [0.1, 0.15) is 47.0 Å². The predicted octanol–water partition coefficient (Wildman–Crippen LogP) is 2.11. The standard InChI is InChI=1S/C12H23NO2/c1-5-12(10-7-8-10,13-9(3)4)11(14)15-6-2/h9-10,13H,5-8H2,1-4H3. The van der Waals surface area contributed by atoms with E-state index in [1.165, 1.54) is 0 Å². The summed E-state index contributed by atoms with van der Waals surface area (Å²) in [4.78, 5) is 12.0. The fourth-order valence-corrected chi connectivity index (χ4v) is 2.23. The van der Waals surface area contributed by atoms with Crippen molar-refractivity contribution in [1.29, 1.82) is 0 Å². The Balaban J connectivity index is 2.77. The van der Waals surface area contributed by atoms with Crippen LogP contribution in [0.2, 0.25) is 0 Å². The second-order valence-electron chi connectivity index (χ2n) is 4.62. The van der Waals surface area contributed by atoms with Crippen LogP contribution < -0.4 is 5.32 Å². The zero-order chi connectivity index (χ0) is 11.5. The number of carbonyl (C=O) groups is 1. The third-order valence-corrected chi connectivity index (χ3v) is 3.02. The van der Waals surface area contributed by atoms with Gasteiger partial charge in [-0.2, -0.15) is 0 Å². The van der Waals surface area contributed by atoms with Gasteiger partial charge in [-0.25, -0.2) is 0 Å². The lowest BCUT2D eigenvalue weighted by Gasteiger charge is -2.33. The van der Waals surface area contributed by atoms with E-state index in [0.29, 0.717) is 18.6 Å². The third-order valence-electron chi connectivity index (χ3n) is 3.02. The van der Waals surface area contributed by atoms with Gasteiger partial charge < -0.3 is 4.74 Å². The Morgan fingerprint density at radius 2 is 2.07 bits per heavy atom. The zero-order valence-corrected chi connectivity index (χ0v) is 10.3. The fourth-order valence-electron chi connectivity index (χ4n) is 2.23. The van der Waals surface area contributed by atoms with E-state index in [4.69, 9.17) is 4.74 Å². The average molecular weight is 213 g/mol. The Hall–Kier alpha value is -0.570. The maximum absolute atomic E-state index is 12.0. The molecular weight excluding hydrogens is 190 g/mol. The summed E-state index contributed by atoms with van der Waals surface area (Å²) < 4.78 is 5.20. The molecule has 0 aromatic rings. The lowest BCUT2D eigenvalue weighted by molar-refractivity contribution is -0.153. The molecule has 0 aromatic carbocycles. The Labute approximate surface area is 92.6 Å². The first kappa shape index (κ1) is 12.5. The van der Waals surface area contributed by atoms with Gasteiger partial charge in [-0.05, 0) is 46.0 Å². The summed E-state index contributed by atoms with van der Waals surface area (Å²) in [5.41, 5.74) is -0.426. The van der Waals surface area contributed by atoms with Crippen molar-refractivity contribution in [2.75, 3.05) is 6.61 Å². The van der Waals surface area contributed by atoms with Gasteiger partial charge in [-0.15, -0.1) is 0 Å². The highest BCUT2D eigenvalue weighted by atomic mass is 16.5. The fraction of sp³-hybridized carbons (Fsp3) is 0.917. The zero-order valence-electron chi connectivity index (χ0n) is 10.3. The van der Waals surface area contributed by atoms with E-state index in [9.17, 15) is 4.79 Å². The molecule has 0 spiro atoms. The van der Waals surface area contributed by atoms with Crippen molar-refractivity contribution in [3.05, 3.63) is 0 Å². The van der Waals surface area contributed by atoms with E-state index in [1.807, 2.05) is 6.92 Å². The van der Waals surface area contributed by atoms with Gasteiger partial charge in [0.25, 0.3) is 0 Å². The molecule has 0 bridgehead atoms. The van der Waals surface area contributed by atoms with Crippen LogP contribution in [-0.4, -0.2) is 24.2 Å². The number of hydrogen-bond donors (Lipinski definition) is 1. The van der Waals surface area contributed by atoms with Gasteiger partial charge in [0.05, 0.1) is 6.61 Å². The first-order valence-electron chi connectivity index (χ1n) is 6.01. The SMILES string of the molecule is CCOC(=O)C(CC)(NC(C)C)C1CC1. The second-order valence-corrected chi connectivity index (χ2v) is 4.62. The molecule has 0 radical (unpaired) electrons. The smallest absolute Gasteiger partial charge is 0.326 e. The Kier molecular flexibility index (Phi) is 4.14. The van der Waals surface area contributed by atoms with Crippen LogP contribution in [0.25, 0.3) is 0 Å². The molecule has 1 unspecified atom stereocenters. The van der Waals surface area contributed by atoms with Gasteiger partial charge >= 0.3 is 5.97 Å². The molecule has 1 aliphatic rings. The van der Waals surface area contributed by atoms with Crippen molar-refractivity contribution in [1.82, 2.24) is 5.32 Å². The number of carbonyl (C=O) groups excluding carboxylic acids is 1. The number of hydrogen-bond acceptors (Lipinski definition) is 3. The Bertz CT molecular complexity index is 224. The highest BCUT2D eigenvalue weighted by Crippen LogP contribution is 2.42. The van der Waals surface area contributed by atoms with Crippen LogP contribution >= 0.6 is 0 Å². The van der Waals surface area contributed by atoms with Crippen molar-refractivity contribution >= 4 is 5.97 Å². The molecule has 1 atom stereocenters. The molecule has 1 fully saturated rings. The summed E-state index contributed by atoms with van der Waals surface area (Å²) in [5, 5.41) is 3.42. The maximum atomic E-state index is 12.0. The van der Waals surface area contributed by atoms with Crippen LogP contribution in [0.5, 0.6) is 0 Å². The summed E-state index contributed by atoms with van der Waals surface area (Å²) in [6.45, 7) is 8.54. The number of nitrogens with one attached hydrogen (secondary N) is 1. The number of rotatable bonds is 6. The van der Waals surface area contributed by atoms with Crippen LogP contribution in [0.4, 0.5) is 0 Å². The minimum atomic E-state index is -0.426. The average Bonchev–Trinajstić information content (AvgIpc) is 2.97. The molecule has 88 valence electrons. The summed E-state index contributed by atoms with van der Waals surface area (Å²) in [5.74, 6) is 0.410. The van der Waals surface area contributed by atoms with Crippen molar-refractivity contribution in [2.24, 2.45) is 5.92 Å². The monoisotopic (exact) mass is 213 g/mol. The van der Waals surface area contributed by atoms with Gasteiger partial charge in [0, 0.05) is 6.04 Å². The molecule has 0 heterocycles. The lowest BCUT2D eigenvalue weighted by atomic mass is 9.89. The van der Waals surface area contributed by atoms with Gasteiger partial charge in [0.15, 0.2) is 0 Å². The van der Waals surface area contributed by atoms with Crippen molar-refractivity contribution in [2.45, 2.75) is 58.5 Å².